The number of nitrogens with zero attached hydrogens (tertiary/aromatic N) is 3. The molecule has 5 heavy (non-hydrogen) atoms. The molecule has 0 spiro atoms. The minimum Gasteiger partial charge on any atom is -0.181 e. The van der Waals surface area contributed by atoms with Gasteiger partial charge in [0.25, 0.3) is 0 Å². The van der Waals surface area contributed by atoms with Crippen LogP contribution in [0.15, 0.2) is 0 Å². The van der Waals surface area contributed by atoms with E-state index in [4.69, 9.17) is 0 Å². The van der Waals surface area contributed by atoms with Crippen molar-refractivity contribution >= 4 is 0 Å². The van der Waals surface area contributed by atoms with E-state index < -0.39 is 0 Å². The van der Waals surface area contributed by atoms with Crippen LogP contribution in [0, 0.1) is 0 Å². The van der Waals surface area contributed by atoms with Crippen LogP contribution in [0.5, 0.6) is 0 Å². The second-order valence-corrected chi connectivity index (χ2v) is 0.813. The Balaban J connectivity index is 2.83. The molecule has 0 fully saturated rings. The molecule has 1 aromatic heterocycles. The Bertz CT molecular complexity index is 85.8. The fourth-order valence-corrected chi connectivity index (χ4v) is 0.134. The zero-order chi connectivity index (χ0) is 3.70. The number of hydrogen-bond acceptors (Lipinski definition) is 2. The second-order valence-electron chi connectivity index (χ2n) is 0.813. The highest BCUT2D eigenvalue weighted by Crippen LogP contribution is 1.50. The summed E-state index contributed by atoms with van der Waals surface area (Å²) in [7, 11) is 1.77. The fraction of sp³-hybridized carbons (Fsp3) is 1.00. The number of rotatable bonds is 0. The molecule has 1 N–H and O–H groups in total. The number of aryl methyl sites for hydroxylation is 1. The van der Waals surface area contributed by atoms with Gasteiger partial charge >= 0.3 is 0 Å². The first-order valence-electron chi connectivity index (χ1n) is 1.29. The highest BCUT2D eigenvalue weighted by molar-refractivity contribution is 4.03. The Kier molecular flexibility index (Phi) is 0.279. The zero-order valence-corrected chi connectivity index (χ0v) is 2.84. The lowest BCUT2D eigenvalue weighted by Gasteiger charge is -1.91. The molecular formula is CH4N4. The quantitative estimate of drug-likeness (QED) is 0.433. The van der Waals surface area contributed by atoms with Crippen LogP contribution < -0.4 is 0 Å². The van der Waals surface area contributed by atoms with E-state index in [0.29, 0.717) is 0 Å². The van der Waals surface area contributed by atoms with Gasteiger partial charge in [-0.2, -0.15) is 10.0 Å². The highest BCUT2D eigenvalue weighted by atomic mass is 15.7. The summed E-state index contributed by atoms with van der Waals surface area (Å²) in [6.45, 7) is 0. The summed E-state index contributed by atoms with van der Waals surface area (Å²) in [5, 5.41) is 9.22. The number of hydrogen-bond donors (Lipinski definition) is 1. The van der Waals surface area contributed by atoms with E-state index in [9.17, 15) is 0 Å². The molecule has 0 radical (unpaired) electrons. The van der Waals surface area contributed by atoms with Crippen LogP contribution in [0.3, 0.4) is 0 Å². The molecule has 1 rings (SSSR count). The average molecular weight is 72.1 g/mol. The van der Waals surface area contributed by atoms with Crippen molar-refractivity contribution in [3.63, 3.8) is 0 Å². The molecule has 0 aliphatic rings. The number of aromatic amines is 1. The molecule has 0 aliphatic carbocycles. The van der Waals surface area contributed by atoms with E-state index in [-0.39, 0.29) is 0 Å². The van der Waals surface area contributed by atoms with Crippen LogP contribution in [0.1, 0.15) is 0 Å². The van der Waals surface area contributed by atoms with Crippen molar-refractivity contribution in [2.24, 2.45) is 7.05 Å². The van der Waals surface area contributed by atoms with Crippen molar-refractivity contribution in [1.82, 2.24) is 20.4 Å². The van der Waals surface area contributed by atoms with Crippen LogP contribution in [0.2, 0.25) is 0 Å². The van der Waals surface area contributed by atoms with Gasteiger partial charge < -0.3 is 0 Å². The Morgan fingerprint density at radius 2 is 2.20 bits per heavy atom. The monoisotopic (exact) mass is 72.0 g/mol. The van der Waals surface area contributed by atoms with Gasteiger partial charge in [0.1, 0.15) is 0 Å². The van der Waals surface area contributed by atoms with Gasteiger partial charge in [-0.25, -0.2) is 0 Å². The van der Waals surface area contributed by atoms with Gasteiger partial charge in [-0.15, -0.1) is 0 Å². The third kappa shape index (κ3) is 0.170. The molecule has 1 aromatic rings. The number of aromatic nitrogens is 4. The average Bonchev–Trinajstić information content (AvgIpc) is 1.30. The highest BCUT2D eigenvalue weighted by Gasteiger charge is 1.71. The zero-order valence-electron chi connectivity index (χ0n) is 2.84. The molecule has 0 saturated heterocycles. The molecule has 0 aromatic carbocycles. The van der Waals surface area contributed by atoms with E-state index in [1.807, 2.05) is 0 Å². The Morgan fingerprint density at radius 1 is 1.80 bits per heavy atom. The molecule has 0 amide bonds. The van der Waals surface area contributed by atoms with Crippen LogP contribution in [0.4, 0.5) is 0 Å². The third-order valence-corrected chi connectivity index (χ3v) is 0.368. The van der Waals surface area contributed by atoms with Gasteiger partial charge in [-0.05, 0) is 10.4 Å². The lowest BCUT2D eigenvalue weighted by molar-refractivity contribution is 0.418. The molecule has 4 nitrogen and oxygen atoms in total. The number of nitrogens with one attached hydrogen (secondary N) is 1. The van der Waals surface area contributed by atoms with Crippen LogP contribution in [-0.2, 0) is 7.05 Å². The maximum Gasteiger partial charge on any atom is 0.0508 e. The van der Waals surface area contributed by atoms with Gasteiger partial charge in [0.2, 0.25) is 0 Å². The minimum absolute atomic E-state index is 1.51. The summed E-state index contributed by atoms with van der Waals surface area (Å²) in [5.74, 6) is 0. The Hall–Kier alpha value is -0.800. The van der Waals surface area contributed by atoms with Crippen molar-refractivity contribution in [2.45, 2.75) is 0 Å². The molecule has 0 bridgehead atoms. The van der Waals surface area contributed by atoms with E-state index in [0.717, 1.165) is 0 Å². The Labute approximate surface area is 28.7 Å². The first-order valence-corrected chi connectivity index (χ1v) is 1.29. The predicted octanol–water partition coefficient (Wildman–Crippen LogP) is -0.857. The Morgan fingerprint density at radius 3 is 2.20 bits per heavy atom. The molecule has 1 heterocycles. The largest absolute Gasteiger partial charge is 0.181 e. The van der Waals surface area contributed by atoms with Crippen molar-refractivity contribution < 1.29 is 0 Å². The van der Waals surface area contributed by atoms with E-state index in [2.05, 4.69) is 15.6 Å². The van der Waals surface area contributed by atoms with Crippen LogP contribution >= 0.6 is 0 Å². The smallest absolute Gasteiger partial charge is 0.0508 e. The van der Waals surface area contributed by atoms with Crippen molar-refractivity contribution in [2.75, 3.05) is 0 Å². The summed E-state index contributed by atoms with van der Waals surface area (Å²) in [5.41, 5.74) is 0. The first-order chi connectivity index (χ1) is 2.39. The van der Waals surface area contributed by atoms with Gasteiger partial charge in [0, 0.05) is 0 Å². The second kappa shape index (κ2) is 0.573. The van der Waals surface area contributed by atoms with Gasteiger partial charge in [0.15, 0.2) is 0 Å². The molecule has 4 heteroatoms. The van der Waals surface area contributed by atoms with Crippen molar-refractivity contribution in [1.29, 1.82) is 0 Å². The van der Waals surface area contributed by atoms with Crippen molar-refractivity contribution in [3.05, 3.63) is 0 Å². The molecule has 0 saturated carbocycles. The summed E-state index contributed by atoms with van der Waals surface area (Å²) >= 11 is 0. The fourth-order valence-electron chi connectivity index (χ4n) is 0.134. The summed E-state index contributed by atoms with van der Waals surface area (Å²) < 4.78 is 0. The predicted molar refractivity (Wildman–Crippen MR) is 15.4 cm³/mol. The third-order valence-electron chi connectivity index (χ3n) is 0.368. The molecule has 0 unspecified atom stereocenters. The first kappa shape index (κ1) is 2.44. The van der Waals surface area contributed by atoms with Gasteiger partial charge in [0.05, 0.1) is 7.05 Å². The molecule has 28 valence electrons. The van der Waals surface area contributed by atoms with E-state index >= 15 is 0 Å². The molecule has 0 aliphatic heterocycles. The standard InChI is InChI=1S/CH4N4/c1-5-3-2-4-5/h1H3,(H,3,4). The summed E-state index contributed by atoms with van der Waals surface area (Å²) in [6, 6.07) is 0. The SMILES string of the molecule is Cn1nn[nH]1. The van der Waals surface area contributed by atoms with Gasteiger partial charge in [-0.1, -0.05) is 0 Å². The lowest BCUT2D eigenvalue weighted by atomic mass is 11.5. The molecular weight excluding hydrogens is 68.0 g/mol. The molecule has 0 atom stereocenters. The summed E-state index contributed by atoms with van der Waals surface area (Å²) in [4.78, 5) is 1.51. The van der Waals surface area contributed by atoms with E-state index in [1.54, 1.807) is 7.05 Å². The summed E-state index contributed by atoms with van der Waals surface area (Å²) in [6.07, 6.45) is 0. The van der Waals surface area contributed by atoms with E-state index in [1.165, 1.54) is 4.80 Å². The van der Waals surface area contributed by atoms with Gasteiger partial charge in [-0.3, -0.25) is 0 Å². The number of H-pyrrole nitrogens is 1. The maximum atomic E-state index is 3.42. The lowest BCUT2D eigenvalue weighted by Crippen LogP contribution is -2.11. The normalized spacial score (nSPS) is 9.00. The maximum absolute atomic E-state index is 3.42. The topological polar surface area (TPSA) is 46.5 Å². The van der Waals surface area contributed by atoms with Crippen LogP contribution in [-0.4, -0.2) is 20.4 Å². The van der Waals surface area contributed by atoms with Crippen molar-refractivity contribution in [3.8, 4) is 0 Å². The van der Waals surface area contributed by atoms with Crippen LogP contribution in [0.25, 0.3) is 0 Å². The minimum atomic E-state index is 1.51.